The summed E-state index contributed by atoms with van der Waals surface area (Å²) in [6, 6.07) is 8.61. The zero-order chi connectivity index (χ0) is 14.7. The van der Waals surface area contributed by atoms with Crippen LogP contribution >= 0.6 is 31.9 Å². The van der Waals surface area contributed by atoms with Crippen LogP contribution in [0.2, 0.25) is 0 Å². The number of rotatable bonds is 4. The molecule has 0 saturated heterocycles. The highest BCUT2D eigenvalue weighted by molar-refractivity contribution is 9.10. The molecule has 0 bridgehead atoms. The predicted octanol–water partition coefficient (Wildman–Crippen LogP) is 4.75. The quantitative estimate of drug-likeness (QED) is 0.686. The highest BCUT2D eigenvalue weighted by Crippen LogP contribution is 2.29. The largest absolute Gasteiger partial charge is 0.481 e. The molecule has 0 spiro atoms. The van der Waals surface area contributed by atoms with Crippen LogP contribution in [-0.4, -0.2) is 12.4 Å². The summed E-state index contributed by atoms with van der Waals surface area (Å²) in [6.45, 7) is -0.343. The van der Waals surface area contributed by atoms with E-state index in [2.05, 4.69) is 31.9 Å². The van der Waals surface area contributed by atoms with Crippen molar-refractivity contribution in [3.8, 4) is 5.75 Å². The highest BCUT2D eigenvalue weighted by atomic mass is 79.9. The van der Waals surface area contributed by atoms with Gasteiger partial charge in [-0.2, -0.15) is 0 Å². The van der Waals surface area contributed by atoms with Gasteiger partial charge in [0.25, 0.3) is 0 Å². The molecule has 104 valence electrons. The number of hydrogen-bond acceptors (Lipinski definition) is 2. The number of benzene rings is 2. The minimum absolute atomic E-state index is 0.120. The second-order valence-electron chi connectivity index (χ2n) is 3.89. The maximum atomic E-state index is 13.5. The molecule has 0 N–H and O–H groups in total. The van der Waals surface area contributed by atoms with Gasteiger partial charge in [-0.1, -0.05) is 34.1 Å². The zero-order valence-electron chi connectivity index (χ0n) is 10.00. The molecule has 0 saturated carbocycles. The Hall–Kier alpha value is -1.27. The van der Waals surface area contributed by atoms with E-state index in [4.69, 9.17) is 4.74 Å². The van der Waals surface area contributed by atoms with Gasteiger partial charge in [0.1, 0.15) is 5.82 Å². The topological polar surface area (TPSA) is 26.3 Å². The van der Waals surface area contributed by atoms with E-state index < -0.39 is 11.6 Å². The molecule has 0 aliphatic rings. The number of carbonyl (C=O) groups excluding carboxylic acids is 1. The van der Waals surface area contributed by atoms with Crippen LogP contribution in [0, 0.1) is 11.6 Å². The van der Waals surface area contributed by atoms with Gasteiger partial charge in [-0.3, -0.25) is 4.79 Å². The summed E-state index contributed by atoms with van der Waals surface area (Å²) < 4.78 is 32.3. The molecule has 20 heavy (non-hydrogen) atoms. The Bertz CT molecular complexity index is 636. The predicted molar refractivity (Wildman–Crippen MR) is 78.0 cm³/mol. The Balaban J connectivity index is 2.14. The van der Waals surface area contributed by atoms with Gasteiger partial charge in [0.2, 0.25) is 5.78 Å². The lowest BCUT2D eigenvalue weighted by Crippen LogP contribution is -2.13. The molecule has 2 aromatic rings. The molecule has 0 fully saturated rings. The fourth-order valence-corrected chi connectivity index (χ4v) is 2.60. The van der Waals surface area contributed by atoms with Gasteiger partial charge < -0.3 is 4.74 Å². The third-order valence-corrected chi connectivity index (χ3v) is 3.77. The number of ketones is 1. The first-order valence-electron chi connectivity index (χ1n) is 5.54. The zero-order valence-corrected chi connectivity index (χ0v) is 13.2. The normalized spacial score (nSPS) is 10.4. The third kappa shape index (κ3) is 3.43. The molecule has 0 aromatic heterocycles. The first-order valence-corrected chi connectivity index (χ1v) is 7.12. The molecule has 0 amide bonds. The van der Waals surface area contributed by atoms with Crippen molar-refractivity contribution in [3.05, 3.63) is 62.5 Å². The molecular formula is C14H8Br2F2O2. The Morgan fingerprint density at radius 1 is 1.10 bits per heavy atom. The molecular weight excluding hydrogens is 398 g/mol. The molecule has 0 unspecified atom stereocenters. The van der Waals surface area contributed by atoms with Gasteiger partial charge in [0.05, 0.1) is 4.47 Å². The molecule has 2 rings (SSSR count). The van der Waals surface area contributed by atoms with Crippen LogP contribution in [0.4, 0.5) is 8.78 Å². The van der Waals surface area contributed by atoms with E-state index in [0.717, 1.165) is 6.07 Å². The van der Waals surface area contributed by atoms with Gasteiger partial charge in [0, 0.05) is 16.1 Å². The lowest BCUT2D eigenvalue weighted by atomic mass is 10.1. The van der Waals surface area contributed by atoms with Crippen molar-refractivity contribution in [2.24, 2.45) is 0 Å². The fourth-order valence-electron chi connectivity index (χ4n) is 1.57. The first-order chi connectivity index (χ1) is 9.49. The SMILES string of the molecule is O=C(COc1c(F)cc(F)cc1Br)c1ccccc1Br. The summed E-state index contributed by atoms with van der Waals surface area (Å²) >= 11 is 6.25. The average molecular weight is 406 g/mol. The summed E-state index contributed by atoms with van der Waals surface area (Å²) in [4.78, 5) is 12.0. The van der Waals surface area contributed by atoms with E-state index in [1.165, 1.54) is 0 Å². The van der Waals surface area contributed by atoms with Crippen molar-refractivity contribution >= 4 is 37.6 Å². The van der Waals surface area contributed by atoms with E-state index in [0.29, 0.717) is 16.1 Å². The minimum Gasteiger partial charge on any atom is -0.481 e. The van der Waals surface area contributed by atoms with E-state index >= 15 is 0 Å². The minimum atomic E-state index is -0.864. The van der Waals surface area contributed by atoms with Crippen molar-refractivity contribution in [2.45, 2.75) is 0 Å². The molecule has 6 heteroatoms. The van der Waals surface area contributed by atoms with E-state index in [1.807, 2.05) is 0 Å². The Morgan fingerprint density at radius 2 is 1.80 bits per heavy atom. The number of hydrogen-bond donors (Lipinski definition) is 0. The summed E-state index contributed by atoms with van der Waals surface area (Å²) in [6.07, 6.45) is 0. The molecule has 0 aliphatic heterocycles. The van der Waals surface area contributed by atoms with Crippen molar-refractivity contribution in [2.75, 3.05) is 6.61 Å². The fraction of sp³-hybridized carbons (Fsp3) is 0.0714. The standard InChI is InChI=1S/C14H8Br2F2O2/c15-10-4-2-1-3-9(10)13(19)7-20-14-11(16)5-8(17)6-12(14)18/h1-6H,7H2. The van der Waals surface area contributed by atoms with Gasteiger partial charge in [0.15, 0.2) is 18.2 Å². The van der Waals surface area contributed by atoms with Crippen molar-refractivity contribution in [1.82, 2.24) is 0 Å². The Labute approximate surface area is 131 Å². The lowest BCUT2D eigenvalue weighted by Gasteiger charge is -2.09. The molecule has 2 aromatic carbocycles. The average Bonchev–Trinajstić information content (AvgIpc) is 2.37. The Kier molecular flexibility index (Phi) is 4.88. The molecule has 0 heterocycles. The second-order valence-corrected chi connectivity index (χ2v) is 5.60. The van der Waals surface area contributed by atoms with Crippen molar-refractivity contribution in [3.63, 3.8) is 0 Å². The monoisotopic (exact) mass is 404 g/mol. The lowest BCUT2D eigenvalue weighted by molar-refractivity contribution is 0.0917. The van der Waals surface area contributed by atoms with Crippen molar-refractivity contribution < 1.29 is 18.3 Å². The molecule has 0 atom stereocenters. The van der Waals surface area contributed by atoms with E-state index in [1.54, 1.807) is 24.3 Å². The summed E-state index contributed by atoms with van der Waals surface area (Å²) in [5, 5.41) is 0. The highest BCUT2D eigenvalue weighted by Gasteiger charge is 2.15. The maximum Gasteiger partial charge on any atom is 0.201 e. The number of carbonyl (C=O) groups is 1. The van der Waals surface area contributed by atoms with Gasteiger partial charge in [-0.15, -0.1) is 0 Å². The third-order valence-electron chi connectivity index (χ3n) is 2.48. The number of Topliss-reactive ketones (excluding diaryl/α,β-unsaturated/α-hetero) is 1. The first kappa shape index (κ1) is 15.1. The van der Waals surface area contributed by atoms with Gasteiger partial charge >= 0.3 is 0 Å². The number of ether oxygens (including phenoxy) is 1. The van der Waals surface area contributed by atoms with Gasteiger partial charge in [-0.05, 0) is 28.1 Å². The second kappa shape index (κ2) is 6.45. The maximum absolute atomic E-state index is 13.5. The van der Waals surface area contributed by atoms with Crippen LogP contribution in [-0.2, 0) is 0 Å². The molecule has 0 radical (unpaired) electrons. The van der Waals surface area contributed by atoms with E-state index in [-0.39, 0.29) is 22.6 Å². The van der Waals surface area contributed by atoms with E-state index in [9.17, 15) is 13.6 Å². The summed E-state index contributed by atoms with van der Waals surface area (Å²) in [5.41, 5.74) is 0.436. The van der Waals surface area contributed by atoms with Crippen LogP contribution in [0.5, 0.6) is 5.75 Å². The van der Waals surface area contributed by atoms with Crippen LogP contribution in [0.3, 0.4) is 0 Å². The van der Waals surface area contributed by atoms with Gasteiger partial charge in [-0.25, -0.2) is 8.78 Å². The summed E-state index contributed by atoms with van der Waals surface area (Å²) in [5.74, 6) is -2.09. The van der Waals surface area contributed by atoms with Crippen LogP contribution in [0.15, 0.2) is 45.3 Å². The molecule has 2 nitrogen and oxygen atoms in total. The van der Waals surface area contributed by atoms with Crippen LogP contribution in [0.1, 0.15) is 10.4 Å². The van der Waals surface area contributed by atoms with Crippen LogP contribution < -0.4 is 4.74 Å². The van der Waals surface area contributed by atoms with Crippen LogP contribution in [0.25, 0.3) is 0 Å². The Morgan fingerprint density at radius 3 is 2.45 bits per heavy atom. The smallest absolute Gasteiger partial charge is 0.201 e. The van der Waals surface area contributed by atoms with Crippen molar-refractivity contribution in [1.29, 1.82) is 0 Å². The molecule has 0 aliphatic carbocycles. The summed E-state index contributed by atoms with van der Waals surface area (Å²) in [7, 11) is 0. The number of halogens is 4.